The van der Waals surface area contributed by atoms with Crippen LogP contribution in [0.3, 0.4) is 0 Å². The number of thioether (sulfide) groups is 1. The Labute approximate surface area is 129 Å². The van der Waals surface area contributed by atoms with Crippen molar-refractivity contribution in [2.45, 2.75) is 44.9 Å². The van der Waals surface area contributed by atoms with Gasteiger partial charge in [0.05, 0.1) is 10.9 Å². The summed E-state index contributed by atoms with van der Waals surface area (Å²) >= 11 is 1.17. The summed E-state index contributed by atoms with van der Waals surface area (Å²) in [7, 11) is 0. The molecule has 7 heteroatoms. The zero-order valence-corrected chi connectivity index (χ0v) is 13.8. The van der Waals surface area contributed by atoms with Crippen LogP contribution in [-0.2, 0) is 4.79 Å². The number of hydrogen-bond acceptors (Lipinski definition) is 5. The molecule has 0 aliphatic heterocycles. The monoisotopic (exact) mass is 311 g/mol. The summed E-state index contributed by atoms with van der Waals surface area (Å²) in [6.45, 7) is 10.2. The average Bonchev–Trinajstić information content (AvgIpc) is 2.38. The van der Waals surface area contributed by atoms with E-state index in [9.17, 15) is 14.7 Å². The maximum atomic E-state index is 12.3. The molecular weight excluding hydrogens is 290 g/mol. The molecule has 1 N–H and O–H groups in total. The lowest BCUT2D eigenvalue weighted by Gasteiger charge is -2.22. The number of carbonyl (C=O) groups is 2. The molecule has 0 aromatic carbocycles. The van der Waals surface area contributed by atoms with Crippen molar-refractivity contribution >= 4 is 23.6 Å². The third kappa shape index (κ3) is 4.17. The quantitative estimate of drug-likeness (QED) is 0.640. The van der Waals surface area contributed by atoms with Crippen LogP contribution in [0.25, 0.3) is 0 Å². The van der Waals surface area contributed by atoms with E-state index in [2.05, 4.69) is 9.97 Å². The van der Waals surface area contributed by atoms with Crippen LogP contribution < -0.4 is 0 Å². The minimum Gasteiger partial charge on any atom is -0.478 e. The smallest absolute Gasteiger partial charge is 0.340 e. The number of rotatable bonds is 6. The second-order valence-electron chi connectivity index (χ2n) is 4.61. The predicted octanol–water partition coefficient (Wildman–Crippen LogP) is 2.14. The fraction of sp³-hybridized carbons (Fsp3) is 0.571. The molecule has 0 radical (unpaired) electrons. The SMILES string of the molecule is CCN(CC)C(=O)C(C)Sc1nc(C)nc(C)c1C(=O)O. The van der Waals surface area contributed by atoms with Gasteiger partial charge in [0.25, 0.3) is 0 Å². The van der Waals surface area contributed by atoms with Crippen LogP contribution in [0, 0.1) is 13.8 Å². The van der Waals surface area contributed by atoms with Crippen molar-refractivity contribution < 1.29 is 14.7 Å². The van der Waals surface area contributed by atoms with Crippen molar-refractivity contribution in [3.05, 3.63) is 17.1 Å². The molecule has 1 aromatic rings. The van der Waals surface area contributed by atoms with Gasteiger partial charge in [-0.05, 0) is 34.6 Å². The molecule has 116 valence electrons. The summed E-state index contributed by atoms with van der Waals surface area (Å²) in [6, 6.07) is 0. The van der Waals surface area contributed by atoms with Gasteiger partial charge in [-0.15, -0.1) is 0 Å². The van der Waals surface area contributed by atoms with E-state index in [0.29, 0.717) is 29.6 Å². The zero-order chi connectivity index (χ0) is 16.2. The van der Waals surface area contributed by atoms with Crippen molar-refractivity contribution in [3.8, 4) is 0 Å². The van der Waals surface area contributed by atoms with Crippen molar-refractivity contribution in [1.82, 2.24) is 14.9 Å². The van der Waals surface area contributed by atoms with Crippen LogP contribution in [0.15, 0.2) is 5.03 Å². The van der Waals surface area contributed by atoms with E-state index >= 15 is 0 Å². The Balaban J connectivity index is 3.07. The average molecular weight is 311 g/mol. The summed E-state index contributed by atoms with van der Waals surface area (Å²) in [5, 5.41) is 9.26. The van der Waals surface area contributed by atoms with Gasteiger partial charge in [-0.1, -0.05) is 11.8 Å². The maximum Gasteiger partial charge on any atom is 0.340 e. The van der Waals surface area contributed by atoms with E-state index in [4.69, 9.17) is 0 Å². The van der Waals surface area contributed by atoms with Crippen molar-refractivity contribution in [2.24, 2.45) is 0 Å². The molecule has 1 amide bonds. The van der Waals surface area contributed by atoms with Crippen LogP contribution in [-0.4, -0.2) is 50.2 Å². The highest BCUT2D eigenvalue weighted by Crippen LogP contribution is 2.27. The minimum absolute atomic E-state index is 0.0183. The Kier molecular flexibility index (Phi) is 6.14. The molecule has 1 rings (SSSR count). The molecular formula is C14H21N3O3S. The molecule has 0 spiro atoms. The molecule has 1 atom stereocenters. The lowest BCUT2D eigenvalue weighted by molar-refractivity contribution is -0.129. The van der Waals surface area contributed by atoms with Crippen LogP contribution in [0.2, 0.25) is 0 Å². The Hall–Kier alpha value is -1.63. The van der Waals surface area contributed by atoms with Crippen molar-refractivity contribution in [2.75, 3.05) is 13.1 Å². The summed E-state index contributed by atoms with van der Waals surface area (Å²) < 4.78 is 0. The van der Waals surface area contributed by atoms with E-state index in [0.717, 1.165) is 0 Å². The molecule has 6 nitrogen and oxygen atoms in total. The number of nitrogens with zero attached hydrogens (tertiary/aromatic N) is 3. The van der Waals surface area contributed by atoms with E-state index < -0.39 is 11.2 Å². The Morgan fingerprint density at radius 2 is 1.81 bits per heavy atom. The predicted molar refractivity (Wildman–Crippen MR) is 81.7 cm³/mol. The molecule has 0 fully saturated rings. The lowest BCUT2D eigenvalue weighted by atomic mass is 10.2. The van der Waals surface area contributed by atoms with Gasteiger partial charge < -0.3 is 10.0 Å². The standard InChI is InChI=1S/C14H21N3O3S/c1-6-17(7-2)13(18)9(4)21-12-11(14(19)20)8(3)15-10(5)16-12/h9H,6-7H2,1-5H3,(H,19,20). The molecule has 0 aliphatic carbocycles. The van der Waals surface area contributed by atoms with Gasteiger partial charge in [0, 0.05) is 13.1 Å². The Bertz CT molecular complexity index is 545. The molecule has 1 unspecified atom stereocenters. The van der Waals surface area contributed by atoms with Gasteiger partial charge in [0.1, 0.15) is 16.4 Å². The van der Waals surface area contributed by atoms with Gasteiger partial charge in [-0.25, -0.2) is 14.8 Å². The van der Waals surface area contributed by atoms with Gasteiger partial charge in [0.2, 0.25) is 5.91 Å². The maximum absolute atomic E-state index is 12.3. The normalized spacial score (nSPS) is 12.0. The first kappa shape index (κ1) is 17.4. The molecule has 0 bridgehead atoms. The summed E-state index contributed by atoms with van der Waals surface area (Å²) in [5.41, 5.74) is 0.491. The number of carboxylic acids is 1. The zero-order valence-electron chi connectivity index (χ0n) is 13.0. The number of aromatic carboxylic acids is 1. The highest BCUT2D eigenvalue weighted by Gasteiger charge is 2.24. The van der Waals surface area contributed by atoms with Gasteiger partial charge in [-0.2, -0.15) is 0 Å². The van der Waals surface area contributed by atoms with Gasteiger partial charge in [-0.3, -0.25) is 4.79 Å². The summed E-state index contributed by atoms with van der Waals surface area (Å²) in [6.07, 6.45) is 0. The van der Waals surface area contributed by atoms with Crippen LogP contribution in [0.4, 0.5) is 0 Å². The van der Waals surface area contributed by atoms with Crippen molar-refractivity contribution in [3.63, 3.8) is 0 Å². The molecule has 0 saturated carbocycles. The first-order valence-corrected chi connectivity index (χ1v) is 7.73. The highest BCUT2D eigenvalue weighted by atomic mass is 32.2. The fourth-order valence-electron chi connectivity index (χ4n) is 2.02. The minimum atomic E-state index is -1.07. The number of carbonyl (C=O) groups excluding carboxylic acids is 1. The number of hydrogen-bond donors (Lipinski definition) is 1. The first-order chi connectivity index (χ1) is 9.81. The van der Waals surface area contributed by atoms with Gasteiger partial charge >= 0.3 is 5.97 Å². The molecule has 1 aromatic heterocycles. The molecule has 1 heterocycles. The highest BCUT2D eigenvalue weighted by molar-refractivity contribution is 8.00. The number of aryl methyl sites for hydroxylation is 2. The Morgan fingerprint density at radius 1 is 1.24 bits per heavy atom. The molecule has 21 heavy (non-hydrogen) atoms. The van der Waals surface area contributed by atoms with E-state index in [1.807, 2.05) is 13.8 Å². The van der Waals surface area contributed by atoms with Gasteiger partial charge in [0.15, 0.2) is 0 Å². The second kappa shape index (κ2) is 7.40. The summed E-state index contributed by atoms with van der Waals surface area (Å²) in [4.78, 5) is 33.6. The largest absolute Gasteiger partial charge is 0.478 e. The number of aromatic nitrogens is 2. The van der Waals surface area contributed by atoms with Crippen LogP contribution in [0.5, 0.6) is 0 Å². The second-order valence-corrected chi connectivity index (χ2v) is 5.94. The van der Waals surface area contributed by atoms with Crippen LogP contribution in [0.1, 0.15) is 42.6 Å². The topological polar surface area (TPSA) is 83.4 Å². The Morgan fingerprint density at radius 3 is 2.29 bits per heavy atom. The number of carboxylic acid groups (broad SMARTS) is 1. The fourth-order valence-corrected chi connectivity index (χ4v) is 3.15. The number of amides is 1. The van der Waals surface area contributed by atoms with E-state index in [-0.39, 0.29) is 11.5 Å². The van der Waals surface area contributed by atoms with Crippen LogP contribution >= 0.6 is 11.8 Å². The third-order valence-electron chi connectivity index (χ3n) is 3.09. The van der Waals surface area contributed by atoms with Crippen molar-refractivity contribution in [1.29, 1.82) is 0 Å². The molecule has 0 aliphatic rings. The van der Waals surface area contributed by atoms with E-state index in [1.54, 1.807) is 25.7 Å². The first-order valence-electron chi connectivity index (χ1n) is 6.85. The summed E-state index contributed by atoms with van der Waals surface area (Å²) in [5.74, 6) is -0.588. The van der Waals surface area contributed by atoms with E-state index in [1.165, 1.54) is 11.8 Å². The lowest BCUT2D eigenvalue weighted by Crippen LogP contribution is -2.36. The third-order valence-corrected chi connectivity index (χ3v) is 4.17. The molecule has 0 saturated heterocycles.